The summed E-state index contributed by atoms with van der Waals surface area (Å²) in [5.74, 6) is -0.276. The normalized spacial score (nSPS) is 11.3. The Hall–Kier alpha value is -0.000000000000000167. The Morgan fingerprint density at radius 2 is 1.93 bits per heavy atom. The first-order chi connectivity index (χ1) is 7.08. The predicted octanol–water partition coefficient (Wildman–Crippen LogP) is 4.92. The maximum absolute atomic E-state index is 13.3. The molecule has 0 atom stereocenters. The molecule has 1 heterocycles. The summed E-state index contributed by atoms with van der Waals surface area (Å²) in [5, 5.41) is 0.789. The fraction of sp³-hybridized carbons (Fsp3) is 0.100. The number of benzene rings is 1. The van der Waals surface area contributed by atoms with Crippen LogP contribution in [0.1, 0.15) is 9.30 Å². The Labute approximate surface area is 111 Å². The summed E-state index contributed by atoms with van der Waals surface area (Å²) in [6, 6.07) is 5.04. The molecule has 2 rings (SSSR count). The summed E-state index contributed by atoms with van der Waals surface area (Å²) in [7, 11) is 0. The third-order valence-corrected chi connectivity index (χ3v) is 3.66. The number of rotatable bonds is 1. The zero-order valence-corrected chi connectivity index (χ0v) is 12.1. The summed E-state index contributed by atoms with van der Waals surface area (Å²) >= 11 is 9.88. The van der Waals surface area contributed by atoms with Gasteiger partial charge < -0.3 is 0 Å². The highest BCUT2D eigenvalue weighted by Crippen LogP contribution is 2.31. The highest BCUT2D eigenvalue weighted by Gasteiger charge is 2.07. The number of aromatic nitrogens is 1. The fourth-order valence-corrected chi connectivity index (χ4v) is 2.09. The van der Waals surface area contributed by atoms with Crippen molar-refractivity contribution in [3.05, 3.63) is 40.2 Å². The number of fused-ring (bicyclic) bond motifs is 1. The van der Waals surface area contributed by atoms with Gasteiger partial charge in [0.15, 0.2) is 0 Å². The van der Waals surface area contributed by atoms with E-state index in [2.05, 4.69) is 52.8 Å². The van der Waals surface area contributed by atoms with Crippen molar-refractivity contribution in [3.63, 3.8) is 0 Å². The summed E-state index contributed by atoms with van der Waals surface area (Å²) in [4.78, 5) is 4.25. The van der Waals surface area contributed by atoms with Gasteiger partial charge in [0.25, 0.3) is 0 Å². The highest BCUT2D eigenvalue weighted by molar-refractivity contribution is 9.24. The van der Waals surface area contributed by atoms with E-state index in [1.807, 2.05) is 6.07 Å². The largest absolute Gasteiger partial charge is 0.256 e. The Morgan fingerprint density at radius 3 is 2.60 bits per heavy atom. The van der Waals surface area contributed by atoms with Crippen molar-refractivity contribution in [2.24, 2.45) is 0 Å². The second-order valence-electron chi connectivity index (χ2n) is 3.03. The minimum Gasteiger partial charge on any atom is -0.256 e. The van der Waals surface area contributed by atoms with Crippen LogP contribution in [0.5, 0.6) is 0 Å². The van der Waals surface area contributed by atoms with E-state index in [0.29, 0.717) is 4.47 Å². The van der Waals surface area contributed by atoms with Gasteiger partial charge in [0.1, 0.15) is 5.82 Å². The third-order valence-electron chi connectivity index (χ3n) is 2.00. The summed E-state index contributed by atoms with van der Waals surface area (Å²) in [6.07, 6.45) is 1.75. The molecular weight excluding hydrogens is 393 g/mol. The van der Waals surface area contributed by atoms with Crippen LogP contribution in [-0.4, -0.2) is 4.98 Å². The van der Waals surface area contributed by atoms with Gasteiger partial charge in [-0.1, -0.05) is 31.9 Å². The van der Waals surface area contributed by atoms with Crippen LogP contribution in [0.2, 0.25) is 0 Å². The molecule has 1 aromatic heterocycles. The van der Waals surface area contributed by atoms with E-state index in [-0.39, 0.29) is 9.55 Å². The number of alkyl halides is 2. The van der Waals surface area contributed by atoms with Crippen molar-refractivity contribution in [1.82, 2.24) is 4.98 Å². The predicted molar refractivity (Wildman–Crippen MR) is 70.0 cm³/mol. The average molecular weight is 398 g/mol. The molecule has 15 heavy (non-hydrogen) atoms. The van der Waals surface area contributed by atoms with Crippen molar-refractivity contribution in [3.8, 4) is 0 Å². The topological polar surface area (TPSA) is 12.9 Å². The Bertz CT molecular complexity index is 513. The Kier molecular flexibility index (Phi) is 3.42. The molecule has 0 bridgehead atoms. The maximum Gasteiger partial charge on any atom is 0.138 e. The number of hydrogen-bond acceptors (Lipinski definition) is 1. The van der Waals surface area contributed by atoms with Crippen LogP contribution < -0.4 is 0 Å². The zero-order chi connectivity index (χ0) is 11.0. The second kappa shape index (κ2) is 4.47. The lowest BCUT2D eigenvalue weighted by Gasteiger charge is -2.04. The van der Waals surface area contributed by atoms with Gasteiger partial charge in [-0.25, -0.2) is 4.39 Å². The molecule has 2 aromatic rings. The van der Waals surface area contributed by atoms with E-state index < -0.39 is 0 Å². The molecule has 1 aromatic carbocycles. The number of pyridine rings is 1. The molecule has 5 heteroatoms. The molecule has 0 aliphatic heterocycles. The molecule has 0 saturated carbocycles. The van der Waals surface area contributed by atoms with Crippen LogP contribution in [0, 0.1) is 5.82 Å². The van der Waals surface area contributed by atoms with Crippen molar-refractivity contribution in [1.29, 1.82) is 0 Å². The number of nitrogens with zero attached hydrogens (tertiary/aromatic N) is 1. The first kappa shape index (κ1) is 11.5. The van der Waals surface area contributed by atoms with Crippen molar-refractivity contribution in [2.45, 2.75) is 3.74 Å². The lowest BCUT2D eigenvalue weighted by molar-refractivity contribution is 0.623. The molecule has 0 fully saturated rings. The van der Waals surface area contributed by atoms with Crippen LogP contribution in [-0.2, 0) is 0 Å². The van der Waals surface area contributed by atoms with Gasteiger partial charge in [0.2, 0.25) is 0 Å². The third kappa shape index (κ3) is 2.40. The number of hydrogen-bond donors (Lipinski definition) is 0. The molecule has 0 N–H and O–H groups in total. The SMILES string of the molecule is Fc1cc2cc(C(Br)Br)cnc2cc1Br. The molecule has 0 unspecified atom stereocenters. The van der Waals surface area contributed by atoms with Crippen LogP contribution in [0.4, 0.5) is 4.39 Å². The molecule has 0 aliphatic rings. The van der Waals surface area contributed by atoms with Gasteiger partial charge in [0, 0.05) is 11.6 Å². The van der Waals surface area contributed by atoms with Gasteiger partial charge in [-0.15, -0.1) is 0 Å². The molecule has 0 radical (unpaired) electrons. The minimum absolute atomic E-state index is 0.0357. The van der Waals surface area contributed by atoms with Gasteiger partial charge in [-0.05, 0) is 39.7 Å². The van der Waals surface area contributed by atoms with E-state index in [1.54, 1.807) is 12.3 Å². The molecule has 0 amide bonds. The van der Waals surface area contributed by atoms with E-state index in [4.69, 9.17) is 0 Å². The van der Waals surface area contributed by atoms with Gasteiger partial charge in [-0.2, -0.15) is 0 Å². The fourth-order valence-electron chi connectivity index (χ4n) is 1.26. The molecule has 78 valence electrons. The Balaban J connectivity index is 2.66. The smallest absolute Gasteiger partial charge is 0.138 e. The standard InChI is InChI=1S/C10H5Br3FN/c11-7-3-9-5(2-8(7)14)1-6(4-15-9)10(12)13/h1-4,10H. The van der Waals surface area contributed by atoms with E-state index in [1.165, 1.54) is 6.07 Å². The minimum atomic E-state index is -0.276. The van der Waals surface area contributed by atoms with E-state index in [0.717, 1.165) is 16.5 Å². The van der Waals surface area contributed by atoms with Gasteiger partial charge >= 0.3 is 0 Å². The van der Waals surface area contributed by atoms with Crippen molar-refractivity contribution in [2.75, 3.05) is 0 Å². The summed E-state index contributed by atoms with van der Waals surface area (Å²) in [5.41, 5.74) is 1.73. The molecular formula is C10H5Br3FN. The van der Waals surface area contributed by atoms with Gasteiger partial charge in [0.05, 0.1) is 13.7 Å². The van der Waals surface area contributed by atoms with E-state index >= 15 is 0 Å². The van der Waals surface area contributed by atoms with Crippen LogP contribution in [0.15, 0.2) is 28.9 Å². The van der Waals surface area contributed by atoms with Crippen LogP contribution in [0.3, 0.4) is 0 Å². The maximum atomic E-state index is 13.3. The summed E-state index contributed by atoms with van der Waals surface area (Å²) in [6.45, 7) is 0. The summed E-state index contributed by atoms with van der Waals surface area (Å²) < 4.78 is 13.8. The molecule has 0 spiro atoms. The lowest BCUT2D eigenvalue weighted by atomic mass is 10.2. The monoisotopic (exact) mass is 395 g/mol. The van der Waals surface area contributed by atoms with Crippen LogP contribution in [0.25, 0.3) is 10.9 Å². The van der Waals surface area contributed by atoms with Crippen molar-refractivity contribution >= 4 is 58.7 Å². The van der Waals surface area contributed by atoms with Crippen molar-refractivity contribution < 1.29 is 4.39 Å². The highest BCUT2D eigenvalue weighted by atomic mass is 79.9. The first-order valence-corrected chi connectivity index (χ1v) is 6.73. The lowest BCUT2D eigenvalue weighted by Crippen LogP contribution is -1.87. The average Bonchev–Trinajstić information content (AvgIpc) is 2.19. The molecule has 0 aliphatic carbocycles. The van der Waals surface area contributed by atoms with Crippen LogP contribution >= 0.6 is 47.8 Å². The first-order valence-electron chi connectivity index (χ1n) is 4.11. The number of halogens is 4. The Morgan fingerprint density at radius 1 is 1.20 bits per heavy atom. The molecule has 0 saturated heterocycles. The van der Waals surface area contributed by atoms with Gasteiger partial charge in [-0.3, -0.25) is 4.98 Å². The molecule has 1 nitrogen and oxygen atoms in total. The quantitative estimate of drug-likeness (QED) is 0.622. The van der Waals surface area contributed by atoms with E-state index in [9.17, 15) is 4.39 Å². The second-order valence-corrected chi connectivity index (χ2v) is 6.94. The zero-order valence-electron chi connectivity index (χ0n) is 7.35.